The maximum Gasteiger partial charge on any atom is 0.249 e. The summed E-state index contributed by atoms with van der Waals surface area (Å²) in [6, 6.07) is 15.9. The zero-order valence-electron chi connectivity index (χ0n) is 39.9. The molecule has 20 heteroatoms. The first kappa shape index (κ1) is 47.9. The van der Waals surface area contributed by atoms with Gasteiger partial charge < -0.3 is 30.4 Å². The SMILES string of the molecule is CCC1(C(=O)Nc2ccc(F)cc2)CCN(c2ccc(-c3nc(-c4cnn(C5CCN(C(=O)CC6(O)CCN(c7ccc(NC8CCC(=O)NC8=O)cc7F)CC6)CC5)c4)cn4ncc(C#N)c34)cn2)CC1. The van der Waals surface area contributed by atoms with Gasteiger partial charge >= 0.3 is 0 Å². The Morgan fingerprint density at radius 1 is 0.861 bits per heavy atom. The molecule has 4 aromatic heterocycles. The largest absolute Gasteiger partial charge is 0.389 e. The average molecular weight is 980 g/mol. The van der Waals surface area contributed by atoms with E-state index in [9.17, 15) is 33.9 Å². The van der Waals surface area contributed by atoms with Gasteiger partial charge in [-0.15, -0.1) is 0 Å². The van der Waals surface area contributed by atoms with Crippen molar-refractivity contribution in [1.82, 2.24) is 39.6 Å². The number of likely N-dealkylation sites (tertiary alicyclic amines) is 1. The van der Waals surface area contributed by atoms with Crippen molar-refractivity contribution in [3.8, 4) is 28.6 Å². The van der Waals surface area contributed by atoms with Gasteiger partial charge in [0.05, 0.1) is 59.1 Å². The number of imide groups is 1. The number of piperidine rings is 4. The third kappa shape index (κ3) is 9.80. The standard InChI is InChI=1S/C52H55F2N13O5/c1-2-51(50(71)60-37-6-4-36(53)5-7-37)15-21-64(22-16-51)44-11-3-33(28-56-44)47-48-34(27-55)29-58-67(48)32-42(61-47)35-30-57-66(31-35)39-13-19-65(20-14-39)46(69)26-52(72)17-23-63(24-18-52)43-10-8-38(25-40(43)54)59-41-9-12-45(68)62-49(41)70/h3-8,10-11,25,28-32,39,41,59,72H,2,9,12-24,26H2,1H3,(H,60,71)(H,62,68,70). The minimum Gasteiger partial charge on any atom is -0.389 e. The normalized spacial score (nSPS) is 19.2. The summed E-state index contributed by atoms with van der Waals surface area (Å²) in [6.45, 7) is 4.98. The number of hydrogen-bond acceptors (Lipinski definition) is 13. The van der Waals surface area contributed by atoms with Crippen molar-refractivity contribution in [1.29, 1.82) is 5.26 Å². The number of carbonyl (C=O) groups is 4. The van der Waals surface area contributed by atoms with Gasteiger partial charge in [0.15, 0.2) is 0 Å². The molecule has 72 heavy (non-hydrogen) atoms. The second kappa shape index (κ2) is 19.8. The first-order chi connectivity index (χ1) is 34.8. The van der Waals surface area contributed by atoms with E-state index in [1.165, 1.54) is 24.4 Å². The van der Waals surface area contributed by atoms with Crippen LogP contribution in [0.1, 0.15) is 82.7 Å². The summed E-state index contributed by atoms with van der Waals surface area (Å²) in [5, 5.41) is 39.0. The number of aliphatic hydroxyl groups is 1. The van der Waals surface area contributed by atoms with Crippen molar-refractivity contribution < 1.29 is 33.1 Å². The van der Waals surface area contributed by atoms with Crippen LogP contribution in [-0.4, -0.2) is 114 Å². The highest BCUT2D eigenvalue weighted by Crippen LogP contribution is 2.39. The highest BCUT2D eigenvalue weighted by Gasteiger charge is 2.41. The molecule has 4 aliphatic rings. The summed E-state index contributed by atoms with van der Waals surface area (Å²) in [5.41, 5.74) is 3.10. The molecule has 6 aromatic rings. The van der Waals surface area contributed by atoms with E-state index in [2.05, 4.69) is 32.0 Å². The predicted octanol–water partition coefficient (Wildman–Crippen LogP) is 6.24. The lowest BCUT2D eigenvalue weighted by atomic mass is 9.75. The monoisotopic (exact) mass is 979 g/mol. The maximum atomic E-state index is 15.3. The van der Waals surface area contributed by atoms with Gasteiger partial charge in [-0.1, -0.05) is 6.92 Å². The van der Waals surface area contributed by atoms with E-state index in [0.717, 1.165) is 11.4 Å². The van der Waals surface area contributed by atoms with Crippen molar-refractivity contribution in [2.45, 2.75) is 88.8 Å². The van der Waals surface area contributed by atoms with Gasteiger partial charge in [0, 0.05) is 80.6 Å². The van der Waals surface area contributed by atoms with Crippen molar-refractivity contribution in [2.24, 2.45) is 5.41 Å². The highest BCUT2D eigenvalue weighted by molar-refractivity contribution is 6.01. The Hall–Kier alpha value is -7.79. The second-order valence-electron chi connectivity index (χ2n) is 19.4. The molecule has 8 heterocycles. The number of amides is 4. The van der Waals surface area contributed by atoms with E-state index in [-0.39, 0.29) is 42.4 Å². The number of aromatic nitrogens is 6. The van der Waals surface area contributed by atoms with Crippen LogP contribution in [0.5, 0.6) is 0 Å². The number of carbonyl (C=O) groups excluding carboxylic acids is 4. The van der Waals surface area contributed by atoms with Gasteiger partial charge in [0.25, 0.3) is 0 Å². The highest BCUT2D eigenvalue weighted by atomic mass is 19.1. The average Bonchev–Trinajstić information content (AvgIpc) is 4.07. The summed E-state index contributed by atoms with van der Waals surface area (Å²) in [7, 11) is 0. The van der Waals surface area contributed by atoms with Crippen molar-refractivity contribution in [2.75, 3.05) is 59.7 Å². The van der Waals surface area contributed by atoms with Crippen LogP contribution in [-0.2, 0) is 19.2 Å². The molecule has 372 valence electrons. The van der Waals surface area contributed by atoms with Crippen molar-refractivity contribution in [3.63, 3.8) is 0 Å². The Balaban J connectivity index is 0.741. The Kier molecular flexibility index (Phi) is 13.1. The Morgan fingerprint density at radius 3 is 2.28 bits per heavy atom. The van der Waals surface area contributed by atoms with Crippen LogP contribution in [0.4, 0.5) is 31.7 Å². The number of anilines is 4. The molecule has 2 aromatic carbocycles. The van der Waals surface area contributed by atoms with Gasteiger partial charge in [-0.25, -0.2) is 23.3 Å². The number of nitrogens with one attached hydrogen (secondary N) is 3. The maximum absolute atomic E-state index is 15.3. The van der Waals surface area contributed by atoms with Crippen molar-refractivity contribution >= 4 is 52.0 Å². The number of hydrogen-bond donors (Lipinski definition) is 4. The molecule has 1 unspecified atom stereocenters. The molecule has 4 fully saturated rings. The Morgan fingerprint density at radius 2 is 1.60 bits per heavy atom. The number of fused-ring (bicyclic) bond motifs is 1. The van der Waals surface area contributed by atoms with E-state index in [1.54, 1.807) is 52.3 Å². The third-order valence-corrected chi connectivity index (χ3v) is 15.1. The number of nitriles is 1. The minimum atomic E-state index is -1.22. The molecule has 4 amide bonds. The Bertz CT molecular complexity index is 3060. The predicted molar refractivity (Wildman–Crippen MR) is 263 cm³/mol. The molecule has 0 spiro atoms. The molecule has 0 saturated carbocycles. The van der Waals surface area contributed by atoms with Gasteiger partial charge in [0.2, 0.25) is 23.6 Å². The molecular formula is C52H55F2N13O5. The minimum absolute atomic E-state index is 0.0194. The third-order valence-electron chi connectivity index (χ3n) is 15.1. The van der Waals surface area contributed by atoms with Crippen molar-refractivity contribution in [3.05, 3.63) is 103 Å². The van der Waals surface area contributed by atoms with E-state index < -0.39 is 28.8 Å². The molecule has 0 aliphatic carbocycles. The quantitative estimate of drug-likeness (QED) is 0.1000. The van der Waals surface area contributed by atoms with Gasteiger partial charge in [-0.2, -0.15) is 15.5 Å². The van der Waals surface area contributed by atoms with E-state index >= 15 is 4.39 Å². The van der Waals surface area contributed by atoms with Crippen LogP contribution in [0.25, 0.3) is 28.0 Å². The van der Waals surface area contributed by atoms with E-state index in [0.29, 0.717) is 136 Å². The summed E-state index contributed by atoms with van der Waals surface area (Å²) in [4.78, 5) is 66.4. The van der Waals surface area contributed by atoms with Crippen LogP contribution in [0.15, 0.2) is 85.6 Å². The van der Waals surface area contributed by atoms with E-state index in [1.807, 2.05) is 34.8 Å². The molecule has 4 saturated heterocycles. The number of halogens is 2. The van der Waals surface area contributed by atoms with Gasteiger partial charge in [-0.3, -0.25) is 29.2 Å². The summed E-state index contributed by atoms with van der Waals surface area (Å²) < 4.78 is 32.3. The Labute approximate surface area is 414 Å². The smallest absolute Gasteiger partial charge is 0.249 e. The zero-order chi connectivity index (χ0) is 50.1. The number of benzene rings is 2. The zero-order valence-corrected chi connectivity index (χ0v) is 39.9. The second-order valence-corrected chi connectivity index (χ2v) is 19.4. The molecule has 1 atom stereocenters. The fraction of sp³-hybridized carbons (Fsp3) is 0.404. The summed E-state index contributed by atoms with van der Waals surface area (Å²) in [6.07, 6.45) is 13.1. The molecule has 0 bridgehead atoms. The number of pyridine rings is 1. The van der Waals surface area contributed by atoms with E-state index in [4.69, 9.17) is 15.1 Å². The lowest BCUT2D eigenvalue weighted by molar-refractivity contribution is -0.139. The number of nitrogens with zero attached hydrogens (tertiary/aromatic N) is 10. The first-order valence-corrected chi connectivity index (χ1v) is 24.6. The van der Waals surface area contributed by atoms with Gasteiger partial charge in [0.1, 0.15) is 40.6 Å². The molecular weight excluding hydrogens is 925 g/mol. The summed E-state index contributed by atoms with van der Waals surface area (Å²) in [5.74, 6) is -1.02. The lowest BCUT2D eigenvalue weighted by Crippen LogP contribution is -2.49. The van der Waals surface area contributed by atoms with Crippen LogP contribution in [0.2, 0.25) is 0 Å². The molecule has 18 nitrogen and oxygen atoms in total. The molecule has 4 aliphatic heterocycles. The molecule has 10 rings (SSSR count). The number of rotatable bonds is 12. The topological polar surface area (TPSA) is 219 Å². The fourth-order valence-corrected chi connectivity index (χ4v) is 10.5. The van der Waals surface area contributed by atoms with Crippen LogP contribution < -0.4 is 25.8 Å². The molecule has 4 N–H and O–H groups in total. The van der Waals surface area contributed by atoms with Crippen LogP contribution in [0, 0.1) is 28.4 Å². The summed E-state index contributed by atoms with van der Waals surface area (Å²) >= 11 is 0. The first-order valence-electron chi connectivity index (χ1n) is 24.6. The van der Waals surface area contributed by atoms with Crippen LogP contribution in [0.3, 0.4) is 0 Å². The fourth-order valence-electron chi connectivity index (χ4n) is 10.5. The molecule has 0 radical (unpaired) electrons. The van der Waals surface area contributed by atoms with Crippen LogP contribution >= 0.6 is 0 Å². The lowest BCUT2D eigenvalue weighted by Gasteiger charge is -2.40. The van der Waals surface area contributed by atoms with Gasteiger partial charge in [-0.05, 0) is 106 Å².